The van der Waals surface area contributed by atoms with Gasteiger partial charge in [0.25, 0.3) is 0 Å². The van der Waals surface area contributed by atoms with Crippen LogP contribution >= 0.6 is 0 Å². The molecule has 25 heavy (non-hydrogen) atoms. The van der Waals surface area contributed by atoms with Crippen LogP contribution in [0.2, 0.25) is 0 Å². The molecule has 0 amide bonds. The van der Waals surface area contributed by atoms with Gasteiger partial charge in [-0.1, -0.05) is 24.2 Å². The molecule has 0 aliphatic heterocycles. The van der Waals surface area contributed by atoms with Crippen LogP contribution in [0.3, 0.4) is 0 Å². The van der Waals surface area contributed by atoms with Crippen LogP contribution in [-0.2, 0) is 17.7 Å². The predicted molar refractivity (Wildman–Crippen MR) is 86.6 cm³/mol. The van der Waals surface area contributed by atoms with Crippen molar-refractivity contribution < 1.29 is 14.1 Å². The van der Waals surface area contributed by atoms with Crippen LogP contribution < -0.4 is 0 Å². The second-order valence-corrected chi connectivity index (χ2v) is 5.64. The molecule has 3 aromatic rings. The van der Waals surface area contributed by atoms with Gasteiger partial charge in [0.05, 0.1) is 11.7 Å². The fourth-order valence-corrected chi connectivity index (χ4v) is 2.11. The molecular formula is C16H18N6O3. The fraction of sp³-hybridized carbons (Fsp3) is 0.375. The lowest BCUT2D eigenvalue weighted by atomic mass is 10.1. The Balaban J connectivity index is 1.76. The smallest absolute Gasteiger partial charge is 0.338 e. The van der Waals surface area contributed by atoms with Crippen LogP contribution in [0, 0.1) is 0 Å². The Morgan fingerprint density at radius 3 is 2.92 bits per heavy atom. The summed E-state index contributed by atoms with van der Waals surface area (Å²) in [5.41, 5.74) is 1.11. The summed E-state index contributed by atoms with van der Waals surface area (Å²) in [4.78, 5) is 17.6. The predicted octanol–water partition coefficient (Wildman–Crippen LogP) is 1.90. The lowest BCUT2D eigenvalue weighted by molar-refractivity contribution is 0.0378. The summed E-state index contributed by atoms with van der Waals surface area (Å²) in [5.74, 6) is 1.05. The number of nitrogens with zero attached hydrogens (tertiary/aromatic N) is 6. The minimum absolute atomic E-state index is 0.183. The number of carbonyl (C=O) groups is 1. The highest BCUT2D eigenvalue weighted by Crippen LogP contribution is 2.16. The number of carbonyl (C=O) groups excluding carboxylic acids is 1. The summed E-state index contributed by atoms with van der Waals surface area (Å²) < 4.78 is 10.3. The molecule has 0 saturated heterocycles. The summed E-state index contributed by atoms with van der Waals surface area (Å²) in [6.45, 7) is 5.78. The maximum absolute atomic E-state index is 12.0. The highest BCUT2D eigenvalue weighted by Gasteiger charge is 2.14. The van der Waals surface area contributed by atoms with Crippen molar-refractivity contribution in [1.29, 1.82) is 0 Å². The van der Waals surface area contributed by atoms with Crippen LogP contribution in [0.4, 0.5) is 0 Å². The monoisotopic (exact) mass is 342 g/mol. The van der Waals surface area contributed by atoms with E-state index < -0.39 is 0 Å². The second-order valence-electron chi connectivity index (χ2n) is 5.64. The number of aryl methyl sites for hydroxylation is 1. The number of aromatic nitrogens is 6. The largest absolute Gasteiger partial charge is 0.459 e. The molecule has 0 radical (unpaired) electrons. The zero-order valence-electron chi connectivity index (χ0n) is 14.2. The molecule has 2 heterocycles. The van der Waals surface area contributed by atoms with Crippen LogP contribution in [0.15, 0.2) is 28.8 Å². The summed E-state index contributed by atoms with van der Waals surface area (Å²) in [6.07, 6.45) is 0.510. The SMILES string of the molecule is CCc1noc(Cn2nnc(-c3cccc(C(=O)OC(C)C)c3)n2)n1. The molecule has 0 saturated carbocycles. The van der Waals surface area contributed by atoms with Gasteiger partial charge in [0.1, 0.15) is 6.54 Å². The van der Waals surface area contributed by atoms with Crippen LogP contribution in [0.25, 0.3) is 11.4 Å². The Kier molecular flexibility index (Phi) is 4.82. The third-order valence-corrected chi connectivity index (χ3v) is 3.26. The second kappa shape index (κ2) is 7.20. The van der Waals surface area contributed by atoms with Crippen molar-refractivity contribution in [3.8, 4) is 11.4 Å². The number of ether oxygens (including phenoxy) is 1. The van der Waals surface area contributed by atoms with Gasteiger partial charge >= 0.3 is 5.97 Å². The summed E-state index contributed by atoms with van der Waals surface area (Å²) >= 11 is 0. The van der Waals surface area contributed by atoms with Crippen molar-refractivity contribution in [2.45, 2.75) is 39.8 Å². The average Bonchev–Trinajstić information content (AvgIpc) is 3.24. The molecule has 0 atom stereocenters. The number of benzene rings is 1. The molecule has 0 aliphatic rings. The van der Waals surface area contributed by atoms with Crippen molar-refractivity contribution in [2.24, 2.45) is 0 Å². The highest BCUT2D eigenvalue weighted by molar-refractivity contribution is 5.90. The summed E-state index contributed by atoms with van der Waals surface area (Å²) in [6, 6.07) is 6.91. The van der Waals surface area contributed by atoms with Gasteiger partial charge in [-0.2, -0.15) is 9.78 Å². The van der Waals surface area contributed by atoms with Crippen LogP contribution in [-0.4, -0.2) is 42.4 Å². The van der Waals surface area contributed by atoms with Crippen molar-refractivity contribution in [2.75, 3.05) is 0 Å². The maximum Gasteiger partial charge on any atom is 0.338 e. The zero-order valence-corrected chi connectivity index (χ0v) is 14.2. The van der Waals surface area contributed by atoms with Crippen LogP contribution in [0.5, 0.6) is 0 Å². The van der Waals surface area contributed by atoms with E-state index in [0.29, 0.717) is 35.1 Å². The first kappa shape index (κ1) is 16.7. The molecule has 0 fully saturated rings. The van der Waals surface area contributed by atoms with Gasteiger partial charge in [0.15, 0.2) is 5.82 Å². The molecule has 0 spiro atoms. The number of esters is 1. The zero-order chi connectivity index (χ0) is 17.8. The molecule has 0 N–H and O–H groups in total. The van der Waals surface area contributed by atoms with Crippen molar-refractivity contribution in [3.63, 3.8) is 0 Å². The van der Waals surface area contributed by atoms with Gasteiger partial charge in [-0.25, -0.2) is 4.79 Å². The van der Waals surface area contributed by atoms with Gasteiger partial charge in [-0.05, 0) is 31.2 Å². The Hall–Kier alpha value is -3.10. The molecule has 0 aliphatic carbocycles. The molecule has 9 heteroatoms. The number of tetrazole rings is 1. The molecule has 3 rings (SSSR count). The van der Waals surface area contributed by atoms with E-state index >= 15 is 0 Å². The van der Waals surface area contributed by atoms with E-state index in [0.717, 1.165) is 0 Å². The lowest BCUT2D eigenvalue weighted by Gasteiger charge is -2.08. The average molecular weight is 342 g/mol. The Morgan fingerprint density at radius 2 is 2.20 bits per heavy atom. The van der Waals surface area contributed by atoms with Crippen LogP contribution in [0.1, 0.15) is 42.8 Å². The minimum atomic E-state index is -0.387. The molecule has 2 aromatic heterocycles. The molecule has 1 aromatic carbocycles. The third kappa shape index (κ3) is 4.06. The Bertz CT molecular complexity index is 870. The molecule has 0 unspecified atom stereocenters. The normalized spacial score (nSPS) is 11.0. The lowest BCUT2D eigenvalue weighted by Crippen LogP contribution is -2.11. The standard InChI is InChI=1S/C16H18N6O3/c1-4-13-17-14(25-20-13)9-22-19-15(18-21-22)11-6-5-7-12(8-11)16(23)24-10(2)3/h5-8,10H,4,9H2,1-3H3. The van der Waals surface area contributed by atoms with Gasteiger partial charge in [0.2, 0.25) is 11.7 Å². The van der Waals surface area contributed by atoms with Crippen molar-refractivity contribution >= 4 is 5.97 Å². The molecular weight excluding hydrogens is 324 g/mol. The van der Waals surface area contributed by atoms with Gasteiger partial charge in [-0.15, -0.1) is 10.2 Å². The first-order chi connectivity index (χ1) is 12.0. The highest BCUT2D eigenvalue weighted by atomic mass is 16.5. The van der Waals surface area contributed by atoms with Gasteiger partial charge in [-0.3, -0.25) is 0 Å². The Labute approximate surface area is 144 Å². The first-order valence-corrected chi connectivity index (χ1v) is 7.96. The number of hydrogen-bond acceptors (Lipinski definition) is 8. The topological polar surface area (TPSA) is 109 Å². The van der Waals surface area contributed by atoms with E-state index in [9.17, 15) is 4.79 Å². The number of hydrogen-bond donors (Lipinski definition) is 0. The van der Waals surface area contributed by atoms with Crippen molar-refractivity contribution in [1.82, 2.24) is 30.3 Å². The molecule has 0 bridgehead atoms. The quantitative estimate of drug-likeness (QED) is 0.625. The number of rotatable bonds is 6. The summed E-state index contributed by atoms with van der Waals surface area (Å²) in [7, 11) is 0. The van der Waals surface area contributed by atoms with E-state index in [1.54, 1.807) is 38.1 Å². The van der Waals surface area contributed by atoms with E-state index in [-0.39, 0.29) is 18.6 Å². The first-order valence-electron chi connectivity index (χ1n) is 7.96. The van der Waals surface area contributed by atoms with E-state index in [1.165, 1.54) is 4.80 Å². The summed E-state index contributed by atoms with van der Waals surface area (Å²) in [5, 5.41) is 16.1. The van der Waals surface area contributed by atoms with Gasteiger partial charge in [0, 0.05) is 12.0 Å². The maximum atomic E-state index is 12.0. The Morgan fingerprint density at radius 1 is 1.36 bits per heavy atom. The molecule has 9 nitrogen and oxygen atoms in total. The fourth-order valence-electron chi connectivity index (χ4n) is 2.11. The van der Waals surface area contributed by atoms with E-state index in [4.69, 9.17) is 9.26 Å². The minimum Gasteiger partial charge on any atom is -0.459 e. The van der Waals surface area contributed by atoms with Gasteiger partial charge < -0.3 is 9.26 Å². The molecule has 130 valence electrons. The third-order valence-electron chi connectivity index (χ3n) is 3.26. The van der Waals surface area contributed by atoms with Crippen molar-refractivity contribution in [3.05, 3.63) is 41.5 Å². The van der Waals surface area contributed by atoms with E-state index in [1.807, 2.05) is 6.92 Å². The van der Waals surface area contributed by atoms with E-state index in [2.05, 4.69) is 25.6 Å².